The van der Waals surface area contributed by atoms with Gasteiger partial charge in [0.15, 0.2) is 0 Å². The highest BCUT2D eigenvalue weighted by atomic mass is 16.4. The molecule has 1 aliphatic rings. The fraction of sp³-hybridized carbons (Fsp3) is 0.571. The fourth-order valence-electron chi connectivity index (χ4n) is 1.29. The van der Waals surface area contributed by atoms with Gasteiger partial charge in [0, 0.05) is 6.04 Å². The second kappa shape index (κ2) is 2.30. The molecule has 0 unspecified atom stereocenters. The largest absolute Gasteiger partial charge is 0.475 e. The lowest BCUT2D eigenvalue weighted by molar-refractivity contribution is 0.0677. The predicted molar refractivity (Wildman–Crippen MR) is 40.0 cm³/mol. The number of rotatable bonds is 2. The molecule has 1 aliphatic carbocycles. The minimum absolute atomic E-state index is 0.0648. The van der Waals surface area contributed by atoms with Gasteiger partial charge in [0.05, 0.1) is 0 Å². The van der Waals surface area contributed by atoms with E-state index < -0.39 is 5.97 Å². The Morgan fingerprint density at radius 3 is 2.75 bits per heavy atom. The summed E-state index contributed by atoms with van der Waals surface area (Å²) in [6.45, 7) is 1.78. The molecule has 1 saturated carbocycles. The highest BCUT2D eigenvalue weighted by molar-refractivity contribution is 5.83. The third-order valence-electron chi connectivity index (χ3n) is 1.97. The van der Waals surface area contributed by atoms with Crippen molar-refractivity contribution < 1.29 is 9.90 Å². The zero-order chi connectivity index (χ0) is 8.72. The Labute approximate surface area is 69.0 Å². The molecular weight excluding hydrogens is 158 g/mol. The van der Waals surface area contributed by atoms with E-state index >= 15 is 0 Å². The Kier molecular flexibility index (Phi) is 1.39. The van der Waals surface area contributed by atoms with Crippen LogP contribution in [0.2, 0.25) is 0 Å². The first-order chi connectivity index (χ1) is 5.70. The summed E-state index contributed by atoms with van der Waals surface area (Å²) in [6.07, 6.45) is 2.08. The predicted octanol–water partition coefficient (Wildman–Crippen LogP) is 0.620. The summed E-state index contributed by atoms with van der Waals surface area (Å²) in [6, 6.07) is 0.325. The highest BCUT2D eigenvalue weighted by Gasteiger charge is 2.30. The molecule has 1 aromatic rings. The summed E-state index contributed by atoms with van der Waals surface area (Å²) in [5.74, 6) is -0.243. The molecule has 2 rings (SSSR count). The van der Waals surface area contributed by atoms with E-state index in [0.29, 0.717) is 11.9 Å². The Bertz CT molecular complexity index is 327. The van der Waals surface area contributed by atoms with Crippen molar-refractivity contribution in [3.63, 3.8) is 0 Å². The van der Waals surface area contributed by atoms with E-state index in [1.807, 2.05) is 0 Å². The molecule has 0 radical (unpaired) electrons. The van der Waals surface area contributed by atoms with Gasteiger partial charge in [0.1, 0.15) is 5.82 Å². The van der Waals surface area contributed by atoms with Crippen LogP contribution in [0.3, 0.4) is 0 Å². The molecule has 5 heteroatoms. The topological polar surface area (TPSA) is 68.0 Å². The van der Waals surface area contributed by atoms with Gasteiger partial charge >= 0.3 is 5.97 Å². The molecule has 0 atom stereocenters. The average molecular weight is 167 g/mol. The van der Waals surface area contributed by atoms with Crippen LogP contribution in [0.25, 0.3) is 0 Å². The molecular formula is C7H9N3O2. The van der Waals surface area contributed by atoms with Gasteiger partial charge in [-0.2, -0.15) is 0 Å². The molecule has 1 aromatic heterocycles. The van der Waals surface area contributed by atoms with Crippen LogP contribution < -0.4 is 0 Å². The molecule has 0 aliphatic heterocycles. The molecule has 1 fully saturated rings. The number of hydrogen-bond acceptors (Lipinski definition) is 3. The van der Waals surface area contributed by atoms with Crippen LogP contribution in [-0.2, 0) is 0 Å². The maximum Gasteiger partial charge on any atom is 0.374 e. The standard InChI is InChI=1S/C7H9N3O2/c1-4-8-9-6(7(11)12)10(4)5-2-3-5/h5H,2-3H2,1H3,(H,11,12). The number of aryl methyl sites for hydroxylation is 1. The monoisotopic (exact) mass is 167 g/mol. The third-order valence-corrected chi connectivity index (χ3v) is 1.97. The van der Waals surface area contributed by atoms with Gasteiger partial charge in [-0.1, -0.05) is 0 Å². The minimum Gasteiger partial charge on any atom is -0.475 e. The molecule has 64 valence electrons. The van der Waals surface area contributed by atoms with Crippen molar-refractivity contribution in [1.29, 1.82) is 0 Å². The van der Waals surface area contributed by atoms with Crippen molar-refractivity contribution in [2.45, 2.75) is 25.8 Å². The average Bonchev–Trinajstić information content (AvgIpc) is 2.75. The summed E-state index contributed by atoms with van der Waals surface area (Å²) >= 11 is 0. The number of aromatic carboxylic acids is 1. The SMILES string of the molecule is Cc1nnc(C(=O)O)n1C1CC1. The van der Waals surface area contributed by atoms with Crippen LogP contribution in [0, 0.1) is 6.92 Å². The van der Waals surface area contributed by atoms with Gasteiger partial charge < -0.3 is 9.67 Å². The maximum atomic E-state index is 10.6. The van der Waals surface area contributed by atoms with Crippen LogP contribution in [0.5, 0.6) is 0 Å². The number of carboxylic acids is 1. The molecule has 1 N–H and O–H groups in total. The van der Waals surface area contributed by atoms with Gasteiger partial charge in [0.25, 0.3) is 0 Å². The van der Waals surface area contributed by atoms with Gasteiger partial charge in [-0.25, -0.2) is 4.79 Å². The quantitative estimate of drug-likeness (QED) is 0.701. The Morgan fingerprint density at radius 2 is 2.25 bits per heavy atom. The van der Waals surface area contributed by atoms with E-state index in [2.05, 4.69) is 10.2 Å². The van der Waals surface area contributed by atoms with Crippen molar-refractivity contribution in [3.05, 3.63) is 11.6 Å². The van der Waals surface area contributed by atoms with Crippen molar-refractivity contribution >= 4 is 5.97 Å². The summed E-state index contributed by atoms with van der Waals surface area (Å²) in [5.41, 5.74) is 0. The van der Waals surface area contributed by atoms with Gasteiger partial charge in [0.2, 0.25) is 5.82 Å². The van der Waals surface area contributed by atoms with E-state index in [-0.39, 0.29) is 5.82 Å². The number of nitrogens with zero attached hydrogens (tertiary/aromatic N) is 3. The van der Waals surface area contributed by atoms with Crippen LogP contribution in [0.15, 0.2) is 0 Å². The smallest absolute Gasteiger partial charge is 0.374 e. The lowest BCUT2D eigenvalue weighted by Crippen LogP contribution is -2.09. The Morgan fingerprint density at radius 1 is 1.58 bits per heavy atom. The van der Waals surface area contributed by atoms with Crippen LogP contribution in [-0.4, -0.2) is 25.8 Å². The first-order valence-electron chi connectivity index (χ1n) is 3.85. The van der Waals surface area contributed by atoms with Crippen LogP contribution in [0.4, 0.5) is 0 Å². The zero-order valence-electron chi connectivity index (χ0n) is 6.69. The van der Waals surface area contributed by atoms with E-state index in [9.17, 15) is 4.79 Å². The Hall–Kier alpha value is -1.39. The van der Waals surface area contributed by atoms with Crippen molar-refractivity contribution in [3.8, 4) is 0 Å². The highest BCUT2D eigenvalue weighted by Crippen LogP contribution is 2.36. The second-order valence-corrected chi connectivity index (χ2v) is 2.98. The molecule has 0 aromatic carbocycles. The molecule has 0 amide bonds. The summed E-state index contributed by atoms with van der Waals surface area (Å²) in [5, 5.41) is 16.1. The van der Waals surface area contributed by atoms with Gasteiger partial charge in [-0.15, -0.1) is 10.2 Å². The first-order valence-corrected chi connectivity index (χ1v) is 3.85. The van der Waals surface area contributed by atoms with Crippen molar-refractivity contribution in [2.24, 2.45) is 0 Å². The number of carbonyl (C=O) groups is 1. The maximum absolute atomic E-state index is 10.6. The summed E-state index contributed by atoms with van der Waals surface area (Å²) in [4.78, 5) is 10.6. The van der Waals surface area contributed by atoms with E-state index in [0.717, 1.165) is 12.8 Å². The lowest BCUT2D eigenvalue weighted by Gasteiger charge is -2.01. The molecule has 1 heterocycles. The van der Waals surface area contributed by atoms with Gasteiger partial charge in [-0.3, -0.25) is 0 Å². The van der Waals surface area contributed by atoms with E-state index in [1.54, 1.807) is 11.5 Å². The lowest BCUT2D eigenvalue weighted by atomic mass is 10.5. The number of aromatic nitrogens is 3. The molecule has 12 heavy (non-hydrogen) atoms. The number of hydrogen-bond donors (Lipinski definition) is 1. The molecule has 5 nitrogen and oxygen atoms in total. The van der Waals surface area contributed by atoms with Crippen molar-refractivity contribution in [1.82, 2.24) is 14.8 Å². The first kappa shape index (κ1) is 7.27. The van der Waals surface area contributed by atoms with Gasteiger partial charge in [-0.05, 0) is 19.8 Å². The summed E-state index contributed by atoms with van der Waals surface area (Å²) < 4.78 is 1.70. The Balaban J connectivity index is 2.46. The zero-order valence-corrected chi connectivity index (χ0v) is 6.69. The van der Waals surface area contributed by atoms with E-state index in [1.165, 1.54) is 0 Å². The molecule has 0 saturated heterocycles. The van der Waals surface area contributed by atoms with Crippen LogP contribution in [0.1, 0.15) is 35.3 Å². The van der Waals surface area contributed by atoms with Crippen LogP contribution >= 0.6 is 0 Å². The fourth-order valence-corrected chi connectivity index (χ4v) is 1.29. The third kappa shape index (κ3) is 0.975. The normalized spacial score (nSPS) is 16.4. The molecule has 0 bridgehead atoms. The molecule has 0 spiro atoms. The van der Waals surface area contributed by atoms with Crippen molar-refractivity contribution in [2.75, 3.05) is 0 Å². The summed E-state index contributed by atoms with van der Waals surface area (Å²) in [7, 11) is 0. The van der Waals surface area contributed by atoms with E-state index in [4.69, 9.17) is 5.11 Å². The second-order valence-electron chi connectivity index (χ2n) is 2.98. The number of carboxylic acid groups (broad SMARTS) is 1. The minimum atomic E-state index is -0.998.